The molecule has 0 saturated heterocycles. The summed E-state index contributed by atoms with van der Waals surface area (Å²) in [6.07, 6.45) is 4.29. The standard InChI is InChI=1S/C8H7N2OP.C2H6/c11-5-6-4-10(12)8-7(6)2-1-3-9-8;1-2/h1-5H,12H2;1-2H3. The third-order valence-corrected chi connectivity index (χ3v) is 2.14. The van der Waals surface area contributed by atoms with Gasteiger partial charge in [0.15, 0.2) is 6.29 Å². The quantitative estimate of drug-likeness (QED) is 0.533. The number of hydrogen-bond acceptors (Lipinski definition) is 2. The van der Waals surface area contributed by atoms with Crippen molar-refractivity contribution in [3.05, 3.63) is 30.1 Å². The first-order valence-corrected chi connectivity index (χ1v) is 5.01. The Morgan fingerprint density at radius 2 is 2.21 bits per heavy atom. The SMILES string of the molecule is CC.O=Cc1cn(P)c2ncccc12. The van der Waals surface area contributed by atoms with Crippen molar-refractivity contribution in [3.63, 3.8) is 0 Å². The van der Waals surface area contributed by atoms with E-state index in [2.05, 4.69) is 14.4 Å². The molecule has 0 saturated carbocycles. The molecule has 1 atom stereocenters. The Labute approximate surface area is 85.4 Å². The summed E-state index contributed by atoms with van der Waals surface area (Å²) in [7, 11) is 2.49. The van der Waals surface area contributed by atoms with E-state index in [0.29, 0.717) is 5.56 Å². The summed E-state index contributed by atoms with van der Waals surface area (Å²) in [6.45, 7) is 4.00. The molecular weight excluding hydrogens is 195 g/mol. The van der Waals surface area contributed by atoms with Gasteiger partial charge in [0.2, 0.25) is 0 Å². The van der Waals surface area contributed by atoms with E-state index in [4.69, 9.17) is 0 Å². The highest BCUT2D eigenvalue weighted by Gasteiger charge is 2.04. The highest BCUT2D eigenvalue weighted by atomic mass is 31.0. The number of carbonyl (C=O) groups is 1. The monoisotopic (exact) mass is 208 g/mol. The smallest absolute Gasteiger partial charge is 0.152 e. The average Bonchev–Trinajstić information content (AvgIpc) is 2.59. The van der Waals surface area contributed by atoms with Crippen LogP contribution in [-0.2, 0) is 0 Å². The van der Waals surface area contributed by atoms with Gasteiger partial charge in [0.1, 0.15) is 5.65 Å². The molecule has 0 aromatic carbocycles. The molecule has 0 bridgehead atoms. The van der Waals surface area contributed by atoms with Crippen LogP contribution < -0.4 is 0 Å². The second kappa shape index (κ2) is 4.87. The molecule has 0 aliphatic heterocycles. The van der Waals surface area contributed by atoms with Crippen molar-refractivity contribution >= 4 is 26.7 Å². The molecule has 4 heteroatoms. The summed E-state index contributed by atoms with van der Waals surface area (Å²) in [4.78, 5) is 14.7. The van der Waals surface area contributed by atoms with E-state index in [0.717, 1.165) is 17.3 Å². The van der Waals surface area contributed by atoms with E-state index >= 15 is 0 Å². The van der Waals surface area contributed by atoms with E-state index in [-0.39, 0.29) is 0 Å². The Kier molecular flexibility index (Phi) is 3.78. The molecule has 0 fully saturated rings. The van der Waals surface area contributed by atoms with Crippen LogP contribution in [-0.4, -0.2) is 15.6 Å². The zero-order chi connectivity index (χ0) is 10.6. The normalized spacial score (nSPS) is 9.36. The predicted octanol–water partition coefficient (Wildman–Crippen LogP) is 2.51. The zero-order valence-electron chi connectivity index (χ0n) is 8.27. The van der Waals surface area contributed by atoms with Crippen molar-refractivity contribution in [1.29, 1.82) is 0 Å². The molecule has 1 unspecified atom stereocenters. The van der Waals surface area contributed by atoms with Crippen LogP contribution >= 0.6 is 9.39 Å². The van der Waals surface area contributed by atoms with E-state index in [1.165, 1.54) is 0 Å². The molecule has 0 spiro atoms. The molecule has 14 heavy (non-hydrogen) atoms. The Morgan fingerprint density at radius 1 is 1.50 bits per heavy atom. The van der Waals surface area contributed by atoms with Gasteiger partial charge >= 0.3 is 0 Å². The molecule has 2 aromatic rings. The highest BCUT2D eigenvalue weighted by molar-refractivity contribution is 7.14. The minimum Gasteiger partial charge on any atom is -0.316 e. The second-order valence-corrected chi connectivity index (χ2v) is 3.04. The van der Waals surface area contributed by atoms with Gasteiger partial charge in [0, 0.05) is 23.3 Å². The van der Waals surface area contributed by atoms with Crippen LogP contribution in [0.2, 0.25) is 0 Å². The van der Waals surface area contributed by atoms with E-state index < -0.39 is 0 Å². The van der Waals surface area contributed by atoms with Gasteiger partial charge in [-0.2, -0.15) is 0 Å². The number of fused-ring (bicyclic) bond motifs is 1. The maximum absolute atomic E-state index is 10.6. The topological polar surface area (TPSA) is 34.9 Å². The van der Waals surface area contributed by atoms with Crippen molar-refractivity contribution in [3.8, 4) is 0 Å². The van der Waals surface area contributed by atoms with Gasteiger partial charge in [0.05, 0.1) is 0 Å². The lowest BCUT2D eigenvalue weighted by molar-refractivity contribution is 0.112. The van der Waals surface area contributed by atoms with Gasteiger partial charge in [-0.15, -0.1) is 0 Å². The molecule has 3 nitrogen and oxygen atoms in total. The molecule has 0 radical (unpaired) electrons. The number of carbonyl (C=O) groups excluding carboxylic acids is 1. The van der Waals surface area contributed by atoms with Crippen LogP contribution in [0.1, 0.15) is 24.2 Å². The number of pyridine rings is 1. The van der Waals surface area contributed by atoms with Gasteiger partial charge in [-0.05, 0) is 21.5 Å². The van der Waals surface area contributed by atoms with E-state index in [1.807, 2.05) is 26.0 Å². The van der Waals surface area contributed by atoms with Gasteiger partial charge < -0.3 is 4.34 Å². The minimum atomic E-state index is 0.674. The van der Waals surface area contributed by atoms with Crippen LogP contribution in [0.15, 0.2) is 24.5 Å². The van der Waals surface area contributed by atoms with Crippen molar-refractivity contribution < 1.29 is 4.79 Å². The van der Waals surface area contributed by atoms with E-state index in [1.54, 1.807) is 16.7 Å². The fourth-order valence-electron chi connectivity index (χ4n) is 1.20. The lowest BCUT2D eigenvalue weighted by Crippen LogP contribution is -1.78. The Hall–Kier alpha value is -1.21. The molecule has 2 rings (SSSR count). The summed E-state index contributed by atoms with van der Waals surface area (Å²) in [5.41, 5.74) is 1.48. The number of aldehydes is 1. The lowest BCUT2D eigenvalue weighted by Gasteiger charge is -1.91. The predicted molar refractivity (Wildman–Crippen MR) is 61.6 cm³/mol. The molecule has 2 aromatic heterocycles. The van der Waals surface area contributed by atoms with Crippen molar-refractivity contribution in [2.24, 2.45) is 0 Å². The first-order valence-electron chi connectivity index (χ1n) is 4.49. The number of nitrogens with zero attached hydrogens (tertiary/aromatic N) is 2. The molecule has 0 aliphatic carbocycles. The van der Waals surface area contributed by atoms with Gasteiger partial charge in [-0.3, -0.25) is 4.79 Å². The molecule has 0 amide bonds. The molecular formula is C10H13N2OP. The Balaban J connectivity index is 0.000000461. The minimum absolute atomic E-state index is 0.674. The van der Waals surface area contributed by atoms with E-state index in [9.17, 15) is 4.79 Å². The van der Waals surface area contributed by atoms with Crippen LogP contribution in [0, 0.1) is 0 Å². The fourth-order valence-corrected chi connectivity index (χ4v) is 1.57. The maximum Gasteiger partial charge on any atom is 0.152 e. The number of rotatable bonds is 1. The lowest BCUT2D eigenvalue weighted by atomic mass is 10.2. The van der Waals surface area contributed by atoms with Crippen LogP contribution in [0.5, 0.6) is 0 Å². The van der Waals surface area contributed by atoms with Crippen molar-refractivity contribution in [2.45, 2.75) is 13.8 Å². The summed E-state index contributed by atoms with van der Waals surface area (Å²) in [6, 6.07) is 3.70. The second-order valence-electron chi connectivity index (χ2n) is 2.48. The van der Waals surface area contributed by atoms with Gasteiger partial charge in [-0.1, -0.05) is 13.8 Å². The number of hydrogen-bond donors (Lipinski definition) is 0. The van der Waals surface area contributed by atoms with Crippen LogP contribution in [0.25, 0.3) is 11.0 Å². The first-order chi connectivity index (χ1) is 6.83. The summed E-state index contributed by atoms with van der Waals surface area (Å²) in [5, 5.41) is 0.891. The Morgan fingerprint density at radius 3 is 2.86 bits per heavy atom. The van der Waals surface area contributed by atoms with Crippen LogP contribution in [0.3, 0.4) is 0 Å². The Bertz CT molecular complexity index is 437. The largest absolute Gasteiger partial charge is 0.316 e. The van der Waals surface area contributed by atoms with Crippen molar-refractivity contribution in [1.82, 2.24) is 9.32 Å². The van der Waals surface area contributed by atoms with Crippen molar-refractivity contribution in [2.75, 3.05) is 0 Å². The maximum atomic E-state index is 10.6. The number of aromatic nitrogens is 2. The van der Waals surface area contributed by atoms with Gasteiger partial charge in [-0.25, -0.2) is 4.98 Å². The molecule has 74 valence electrons. The summed E-state index contributed by atoms with van der Waals surface area (Å²) in [5.74, 6) is 0. The third kappa shape index (κ3) is 1.83. The first kappa shape index (κ1) is 10.9. The summed E-state index contributed by atoms with van der Waals surface area (Å²) < 4.78 is 1.76. The highest BCUT2D eigenvalue weighted by Crippen LogP contribution is 2.18. The molecule has 0 aliphatic rings. The van der Waals surface area contributed by atoms with Crippen LogP contribution in [0.4, 0.5) is 0 Å². The molecule has 2 heterocycles. The zero-order valence-corrected chi connectivity index (χ0v) is 9.42. The third-order valence-electron chi connectivity index (χ3n) is 1.75. The molecule has 0 N–H and O–H groups in total. The average molecular weight is 208 g/mol. The fraction of sp³-hybridized carbons (Fsp3) is 0.200. The summed E-state index contributed by atoms with van der Waals surface area (Å²) >= 11 is 0. The van der Waals surface area contributed by atoms with Gasteiger partial charge in [0.25, 0.3) is 0 Å².